The van der Waals surface area contributed by atoms with E-state index in [1.165, 1.54) is 0 Å². The Balaban J connectivity index is 1.26. The first kappa shape index (κ1) is 28.5. The number of nitrogens with zero attached hydrogens (tertiary/aromatic N) is 6. The molecule has 0 amide bonds. The van der Waals surface area contributed by atoms with Gasteiger partial charge in [0.25, 0.3) is 0 Å². The van der Waals surface area contributed by atoms with Crippen molar-refractivity contribution in [3.05, 3.63) is 168 Å². The molecule has 0 radical (unpaired) electrons. The number of rotatable bonds is 5. The Morgan fingerprint density at radius 3 is 0.979 bits per heavy atom. The van der Waals surface area contributed by atoms with Gasteiger partial charge in [0, 0.05) is 11.1 Å². The van der Waals surface area contributed by atoms with Crippen molar-refractivity contribution in [3.8, 4) is 56.2 Å². The van der Waals surface area contributed by atoms with Gasteiger partial charge in [-0.1, -0.05) is 121 Å². The lowest BCUT2D eigenvalue weighted by atomic mass is 10.0. The van der Waals surface area contributed by atoms with Crippen molar-refractivity contribution in [2.75, 3.05) is 0 Å². The molecule has 0 unspecified atom stereocenters. The molecular formula is C42H24N6. The molecule has 8 rings (SSSR count). The number of benzene rings is 6. The number of fused-ring (bicyclic) bond motifs is 2. The van der Waals surface area contributed by atoms with E-state index in [1.54, 1.807) is 24.3 Å². The zero-order valence-electron chi connectivity index (χ0n) is 25.5. The van der Waals surface area contributed by atoms with Gasteiger partial charge < -0.3 is 0 Å². The molecule has 8 aromatic rings. The molecule has 0 aliphatic heterocycles. The molecule has 0 aliphatic carbocycles. The SMILES string of the molecule is [C-]#[N+]c1ccc(-c2nc3ccc(-c4ccc5nc(-c6ccccc6)c(-c6ccccc6)nc5c4)cc3nc2-c2ccc([N+]#[C-])cc2)cc1. The number of hydrogen-bond acceptors (Lipinski definition) is 4. The van der Waals surface area contributed by atoms with E-state index in [4.69, 9.17) is 33.1 Å². The molecule has 6 nitrogen and oxygen atoms in total. The quantitative estimate of drug-likeness (QED) is 0.181. The van der Waals surface area contributed by atoms with Gasteiger partial charge in [-0.15, -0.1) is 0 Å². The van der Waals surface area contributed by atoms with Crippen molar-refractivity contribution in [1.82, 2.24) is 19.9 Å². The maximum absolute atomic E-state index is 7.37. The van der Waals surface area contributed by atoms with Crippen LogP contribution >= 0.6 is 0 Å². The molecule has 6 heteroatoms. The van der Waals surface area contributed by atoms with Gasteiger partial charge in [0.1, 0.15) is 0 Å². The van der Waals surface area contributed by atoms with Gasteiger partial charge in [0.05, 0.1) is 58.0 Å². The van der Waals surface area contributed by atoms with Gasteiger partial charge in [0.15, 0.2) is 11.4 Å². The molecule has 0 saturated carbocycles. The van der Waals surface area contributed by atoms with Crippen LogP contribution in [-0.4, -0.2) is 19.9 Å². The minimum atomic E-state index is 0.559. The van der Waals surface area contributed by atoms with E-state index in [2.05, 4.69) is 58.2 Å². The third-order valence-corrected chi connectivity index (χ3v) is 8.30. The Morgan fingerprint density at radius 1 is 0.312 bits per heavy atom. The van der Waals surface area contributed by atoms with E-state index in [9.17, 15) is 0 Å². The number of aromatic nitrogens is 4. The Kier molecular flexibility index (Phi) is 7.15. The standard InChI is InChI=1S/C42H24N6/c1-43-33-19-13-29(14-20-33)41-42(30-15-21-34(44-2)22-16-30)48-38-26-32(18-24-36(38)46-41)31-17-23-35-37(25-31)47-40(28-11-7-4-8-12-28)39(45-35)27-9-5-3-6-10-27/h3-26H. The van der Waals surface area contributed by atoms with Gasteiger partial charge in [-0.05, 0) is 46.5 Å². The highest BCUT2D eigenvalue weighted by molar-refractivity contribution is 5.92. The van der Waals surface area contributed by atoms with Crippen LogP contribution in [-0.2, 0) is 0 Å². The molecule has 0 N–H and O–H groups in total. The second-order valence-corrected chi connectivity index (χ2v) is 11.3. The summed E-state index contributed by atoms with van der Waals surface area (Å²) in [6, 6.07) is 47.4. The van der Waals surface area contributed by atoms with E-state index in [1.807, 2.05) is 72.8 Å². The number of hydrogen-bond donors (Lipinski definition) is 0. The fraction of sp³-hybridized carbons (Fsp3) is 0. The van der Waals surface area contributed by atoms with E-state index >= 15 is 0 Å². The van der Waals surface area contributed by atoms with Crippen LogP contribution in [0, 0.1) is 13.1 Å². The van der Waals surface area contributed by atoms with Gasteiger partial charge >= 0.3 is 0 Å². The van der Waals surface area contributed by atoms with E-state index in [-0.39, 0.29) is 0 Å². The molecule has 0 fully saturated rings. The lowest BCUT2D eigenvalue weighted by Crippen LogP contribution is -1.97. The maximum Gasteiger partial charge on any atom is 0.187 e. The Bertz CT molecular complexity index is 2550. The van der Waals surface area contributed by atoms with Crippen LogP contribution in [0.2, 0.25) is 0 Å². The fourth-order valence-corrected chi connectivity index (χ4v) is 5.85. The highest BCUT2D eigenvalue weighted by Gasteiger charge is 2.16. The molecule has 0 atom stereocenters. The Hall–Kier alpha value is -7.02. The second kappa shape index (κ2) is 12.1. The van der Waals surface area contributed by atoms with Gasteiger partial charge in [-0.25, -0.2) is 29.6 Å². The lowest BCUT2D eigenvalue weighted by molar-refractivity contribution is 1.29. The molecule has 0 aliphatic rings. The van der Waals surface area contributed by atoms with Crippen LogP contribution in [0.5, 0.6) is 0 Å². The van der Waals surface area contributed by atoms with Crippen molar-refractivity contribution in [2.45, 2.75) is 0 Å². The van der Waals surface area contributed by atoms with Crippen LogP contribution < -0.4 is 0 Å². The largest absolute Gasteiger partial charge is 0.244 e. The molecule has 48 heavy (non-hydrogen) atoms. The zero-order chi connectivity index (χ0) is 32.5. The van der Waals surface area contributed by atoms with Crippen LogP contribution in [0.15, 0.2) is 146 Å². The molecule has 6 aromatic carbocycles. The summed E-state index contributed by atoms with van der Waals surface area (Å²) in [6.45, 7) is 14.7. The molecule has 2 heterocycles. The summed E-state index contributed by atoms with van der Waals surface area (Å²) in [5.41, 5.74) is 13.1. The summed E-state index contributed by atoms with van der Waals surface area (Å²) >= 11 is 0. The monoisotopic (exact) mass is 612 g/mol. The normalized spacial score (nSPS) is 10.9. The van der Waals surface area contributed by atoms with Crippen molar-refractivity contribution >= 4 is 33.4 Å². The molecular weight excluding hydrogens is 589 g/mol. The first-order valence-corrected chi connectivity index (χ1v) is 15.4. The molecule has 0 saturated heterocycles. The summed E-state index contributed by atoms with van der Waals surface area (Å²) in [5, 5.41) is 0. The Morgan fingerprint density at radius 2 is 0.625 bits per heavy atom. The van der Waals surface area contributed by atoms with Gasteiger partial charge in [-0.3, -0.25) is 0 Å². The highest BCUT2D eigenvalue weighted by atomic mass is 14.8. The van der Waals surface area contributed by atoms with Crippen LogP contribution in [0.1, 0.15) is 0 Å². The molecule has 0 spiro atoms. The third kappa shape index (κ3) is 5.30. The van der Waals surface area contributed by atoms with Crippen LogP contribution in [0.3, 0.4) is 0 Å². The molecule has 2 aromatic heterocycles. The summed E-state index contributed by atoms with van der Waals surface area (Å²) in [5.74, 6) is 0. The summed E-state index contributed by atoms with van der Waals surface area (Å²) < 4.78 is 0. The van der Waals surface area contributed by atoms with Crippen molar-refractivity contribution < 1.29 is 0 Å². The smallest absolute Gasteiger partial charge is 0.187 e. The topological polar surface area (TPSA) is 60.3 Å². The maximum atomic E-state index is 7.37. The lowest BCUT2D eigenvalue weighted by Gasteiger charge is -2.13. The Labute approximate surface area is 277 Å². The van der Waals surface area contributed by atoms with E-state index in [0.29, 0.717) is 22.8 Å². The van der Waals surface area contributed by atoms with Gasteiger partial charge in [-0.2, -0.15) is 0 Å². The van der Waals surface area contributed by atoms with Crippen molar-refractivity contribution in [1.29, 1.82) is 0 Å². The average molecular weight is 613 g/mol. The highest BCUT2D eigenvalue weighted by Crippen LogP contribution is 2.36. The predicted molar refractivity (Wildman–Crippen MR) is 192 cm³/mol. The first-order chi connectivity index (χ1) is 23.7. The predicted octanol–water partition coefficient (Wildman–Crippen LogP) is 11.0. The van der Waals surface area contributed by atoms with E-state index < -0.39 is 0 Å². The molecule has 0 bridgehead atoms. The van der Waals surface area contributed by atoms with Crippen LogP contribution in [0.4, 0.5) is 11.4 Å². The molecule has 222 valence electrons. The van der Waals surface area contributed by atoms with Crippen LogP contribution in [0.25, 0.3) is 87.9 Å². The third-order valence-electron chi connectivity index (χ3n) is 8.30. The second-order valence-electron chi connectivity index (χ2n) is 11.3. The summed E-state index contributed by atoms with van der Waals surface area (Å²) in [4.78, 5) is 27.5. The van der Waals surface area contributed by atoms with E-state index in [0.717, 1.165) is 66.8 Å². The average Bonchev–Trinajstić information content (AvgIpc) is 3.17. The van der Waals surface area contributed by atoms with Gasteiger partial charge in [0.2, 0.25) is 0 Å². The minimum Gasteiger partial charge on any atom is -0.244 e. The van der Waals surface area contributed by atoms with Crippen molar-refractivity contribution in [2.24, 2.45) is 0 Å². The fourth-order valence-electron chi connectivity index (χ4n) is 5.85. The summed E-state index contributed by atoms with van der Waals surface area (Å²) in [7, 11) is 0. The van der Waals surface area contributed by atoms with Crippen molar-refractivity contribution in [3.63, 3.8) is 0 Å². The zero-order valence-corrected chi connectivity index (χ0v) is 25.5. The summed E-state index contributed by atoms with van der Waals surface area (Å²) in [6.07, 6.45) is 0. The minimum absolute atomic E-state index is 0.559. The first-order valence-electron chi connectivity index (χ1n) is 15.4.